The van der Waals surface area contributed by atoms with Crippen molar-refractivity contribution in [3.63, 3.8) is 0 Å². The van der Waals surface area contributed by atoms with Crippen molar-refractivity contribution in [2.75, 3.05) is 7.05 Å². The summed E-state index contributed by atoms with van der Waals surface area (Å²) in [7, 11) is 2.01. The Kier molecular flexibility index (Phi) is 6.52. The van der Waals surface area contributed by atoms with Crippen LogP contribution in [0.25, 0.3) is 0 Å². The first-order valence-corrected chi connectivity index (χ1v) is 6.60. The first-order chi connectivity index (χ1) is 7.38. The summed E-state index contributed by atoms with van der Waals surface area (Å²) in [6, 6.07) is 0.451. The zero-order valence-corrected chi connectivity index (χ0v) is 10.5. The Labute approximate surface area is 96.5 Å². The predicted molar refractivity (Wildman–Crippen MR) is 65.1 cm³/mol. The fourth-order valence-corrected chi connectivity index (χ4v) is 2.36. The minimum absolute atomic E-state index is 0.451. The Hall–Kier alpha value is -0.480. The number of nitrogens with one attached hydrogen (secondary N) is 1. The Bertz CT molecular complexity index is 236. The molecule has 0 saturated carbocycles. The molecular formula is C11H21N3S. The Morgan fingerprint density at radius 3 is 2.73 bits per heavy atom. The maximum absolute atomic E-state index is 3.90. The van der Waals surface area contributed by atoms with Gasteiger partial charge in [-0.1, -0.05) is 43.5 Å². The molecule has 1 aromatic heterocycles. The molecule has 0 aliphatic rings. The second kappa shape index (κ2) is 7.77. The van der Waals surface area contributed by atoms with E-state index in [9.17, 15) is 0 Å². The lowest BCUT2D eigenvalue weighted by molar-refractivity contribution is 0.506. The molecule has 0 aliphatic carbocycles. The zero-order valence-electron chi connectivity index (χ0n) is 9.70. The van der Waals surface area contributed by atoms with E-state index in [0.717, 1.165) is 0 Å². The van der Waals surface area contributed by atoms with Gasteiger partial charge in [0.15, 0.2) is 0 Å². The normalized spacial score (nSPS) is 12.9. The number of rotatable bonds is 8. The van der Waals surface area contributed by atoms with E-state index in [-0.39, 0.29) is 0 Å². The van der Waals surface area contributed by atoms with Crippen LogP contribution in [0.15, 0.2) is 6.20 Å². The highest BCUT2D eigenvalue weighted by Crippen LogP contribution is 2.21. The van der Waals surface area contributed by atoms with E-state index in [1.54, 1.807) is 0 Å². The van der Waals surface area contributed by atoms with E-state index < -0.39 is 0 Å². The third-order valence-electron chi connectivity index (χ3n) is 2.67. The van der Waals surface area contributed by atoms with Gasteiger partial charge in [0, 0.05) is 6.04 Å². The molecule has 0 aromatic carbocycles. The van der Waals surface area contributed by atoms with Crippen LogP contribution in [0.4, 0.5) is 0 Å². The minimum Gasteiger partial charge on any atom is -0.312 e. The number of aromatic nitrogens is 2. The van der Waals surface area contributed by atoms with Gasteiger partial charge >= 0.3 is 0 Å². The molecule has 1 atom stereocenters. The molecule has 1 rings (SSSR count). The standard InChI is InChI=1S/C11H21N3S/c1-3-4-5-6-7-8-10(12-2)11-9-13-14-15-11/h9-10,12H,3-8H2,1-2H3. The van der Waals surface area contributed by atoms with Crippen LogP contribution in [0, 0.1) is 0 Å². The molecule has 1 unspecified atom stereocenters. The molecule has 15 heavy (non-hydrogen) atoms. The van der Waals surface area contributed by atoms with Gasteiger partial charge in [-0.25, -0.2) is 0 Å². The first-order valence-electron chi connectivity index (χ1n) is 5.83. The molecule has 1 N–H and O–H groups in total. The van der Waals surface area contributed by atoms with Crippen LogP contribution in [0.5, 0.6) is 0 Å². The Morgan fingerprint density at radius 1 is 1.33 bits per heavy atom. The fourth-order valence-electron chi connectivity index (χ4n) is 1.71. The third-order valence-corrected chi connectivity index (χ3v) is 3.44. The molecule has 0 amide bonds. The van der Waals surface area contributed by atoms with Crippen LogP contribution in [-0.4, -0.2) is 16.6 Å². The number of unbranched alkanes of at least 4 members (excludes halogenated alkanes) is 4. The number of hydrogen-bond acceptors (Lipinski definition) is 4. The molecule has 4 heteroatoms. The van der Waals surface area contributed by atoms with E-state index in [1.807, 2.05) is 13.2 Å². The molecule has 0 saturated heterocycles. The molecule has 0 bridgehead atoms. The van der Waals surface area contributed by atoms with Crippen molar-refractivity contribution in [3.05, 3.63) is 11.1 Å². The van der Waals surface area contributed by atoms with Gasteiger partial charge in [-0.3, -0.25) is 0 Å². The first kappa shape index (κ1) is 12.6. The SMILES string of the molecule is CCCCCCCC(NC)c1cnns1. The summed E-state index contributed by atoms with van der Waals surface area (Å²) in [5.74, 6) is 0. The highest BCUT2D eigenvalue weighted by molar-refractivity contribution is 7.05. The molecule has 0 radical (unpaired) electrons. The second-order valence-corrected chi connectivity index (χ2v) is 4.68. The highest BCUT2D eigenvalue weighted by Gasteiger charge is 2.10. The van der Waals surface area contributed by atoms with Crippen molar-refractivity contribution in [2.24, 2.45) is 0 Å². The van der Waals surface area contributed by atoms with E-state index in [4.69, 9.17) is 0 Å². The van der Waals surface area contributed by atoms with Gasteiger partial charge in [-0.05, 0) is 25.0 Å². The lowest BCUT2D eigenvalue weighted by Gasteiger charge is -2.12. The minimum atomic E-state index is 0.451. The molecule has 3 nitrogen and oxygen atoms in total. The van der Waals surface area contributed by atoms with Crippen molar-refractivity contribution in [1.82, 2.24) is 14.9 Å². The number of nitrogens with zero attached hydrogens (tertiary/aromatic N) is 2. The molecular weight excluding hydrogens is 206 g/mol. The van der Waals surface area contributed by atoms with Crippen LogP contribution in [0.1, 0.15) is 56.4 Å². The van der Waals surface area contributed by atoms with Gasteiger partial charge in [0.2, 0.25) is 0 Å². The molecule has 1 aromatic rings. The summed E-state index contributed by atoms with van der Waals surface area (Å²) < 4.78 is 3.90. The molecule has 0 spiro atoms. The Morgan fingerprint density at radius 2 is 2.13 bits per heavy atom. The van der Waals surface area contributed by atoms with Crippen LogP contribution in [0.2, 0.25) is 0 Å². The van der Waals surface area contributed by atoms with Gasteiger partial charge in [0.05, 0.1) is 11.1 Å². The predicted octanol–water partition coefficient (Wildman–Crippen LogP) is 3.16. The summed E-state index contributed by atoms with van der Waals surface area (Å²) >= 11 is 1.50. The summed E-state index contributed by atoms with van der Waals surface area (Å²) in [6.45, 7) is 2.25. The fraction of sp³-hybridized carbons (Fsp3) is 0.818. The van der Waals surface area contributed by atoms with E-state index in [0.29, 0.717) is 6.04 Å². The number of hydrogen-bond donors (Lipinski definition) is 1. The average Bonchev–Trinajstić information content (AvgIpc) is 2.77. The molecule has 0 fully saturated rings. The van der Waals surface area contributed by atoms with Gasteiger partial charge in [0.1, 0.15) is 0 Å². The molecule has 86 valence electrons. The van der Waals surface area contributed by atoms with Crippen LogP contribution < -0.4 is 5.32 Å². The summed E-state index contributed by atoms with van der Waals surface area (Å²) in [5.41, 5.74) is 0. The van der Waals surface area contributed by atoms with Gasteiger partial charge in [-0.15, -0.1) is 5.10 Å². The van der Waals surface area contributed by atoms with Crippen LogP contribution >= 0.6 is 11.5 Å². The third kappa shape index (κ3) is 4.71. The zero-order chi connectivity index (χ0) is 10.9. The summed E-state index contributed by atoms with van der Waals surface area (Å²) in [5, 5.41) is 7.20. The van der Waals surface area contributed by atoms with Crippen molar-refractivity contribution in [1.29, 1.82) is 0 Å². The van der Waals surface area contributed by atoms with Gasteiger partial charge < -0.3 is 5.32 Å². The highest BCUT2D eigenvalue weighted by atomic mass is 32.1. The average molecular weight is 227 g/mol. The van der Waals surface area contributed by atoms with Crippen molar-refractivity contribution in [2.45, 2.75) is 51.5 Å². The quantitative estimate of drug-likeness (QED) is 0.693. The van der Waals surface area contributed by atoms with Crippen molar-refractivity contribution in [3.8, 4) is 0 Å². The van der Waals surface area contributed by atoms with Gasteiger partial charge in [-0.2, -0.15) is 0 Å². The maximum Gasteiger partial charge on any atom is 0.0669 e. The Balaban J connectivity index is 2.18. The topological polar surface area (TPSA) is 37.8 Å². The smallest absolute Gasteiger partial charge is 0.0669 e. The summed E-state index contributed by atoms with van der Waals surface area (Å²) in [4.78, 5) is 1.26. The van der Waals surface area contributed by atoms with E-state index >= 15 is 0 Å². The van der Waals surface area contributed by atoms with E-state index in [2.05, 4.69) is 21.8 Å². The molecule has 1 heterocycles. The van der Waals surface area contributed by atoms with Crippen molar-refractivity contribution < 1.29 is 0 Å². The van der Waals surface area contributed by atoms with Gasteiger partial charge in [0.25, 0.3) is 0 Å². The monoisotopic (exact) mass is 227 g/mol. The lowest BCUT2D eigenvalue weighted by Crippen LogP contribution is -2.14. The largest absolute Gasteiger partial charge is 0.312 e. The van der Waals surface area contributed by atoms with E-state index in [1.165, 1.54) is 54.9 Å². The molecule has 0 aliphatic heterocycles. The van der Waals surface area contributed by atoms with Crippen molar-refractivity contribution >= 4 is 11.5 Å². The summed E-state index contributed by atoms with van der Waals surface area (Å²) in [6.07, 6.45) is 9.76. The maximum atomic E-state index is 3.90. The van der Waals surface area contributed by atoms with Crippen LogP contribution in [-0.2, 0) is 0 Å². The lowest BCUT2D eigenvalue weighted by atomic mass is 10.1. The second-order valence-electron chi connectivity index (χ2n) is 3.86. The van der Waals surface area contributed by atoms with Crippen LogP contribution in [0.3, 0.4) is 0 Å².